The predicted octanol–water partition coefficient (Wildman–Crippen LogP) is 4.49. The Morgan fingerprint density at radius 3 is 2.62 bits per heavy atom. The minimum atomic E-state index is -0.278. The Bertz CT molecular complexity index is 943. The summed E-state index contributed by atoms with van der Waals surface area (Å²) in [5, 5.41) is 10.1. The zero-order valence-electron chi connectivity index (χ0n) is 16.1. The highest BCUT2D eigenvalue weighted by molar-refractivity contribution is 7.07. The van der Waals surface area contributed by atoms with E-state index < -0.39 is 0 Å². The van der Waals surface area contributed by atoms with E-state index in [1.807, 2.05) is 0 Å². The van der Waals surface area contributed by atoms with Crippen molar-refractivity contribution in [1.29, 1.82) is 0 Å². The predicted molar refractivity (Wildman–Crippen MR) is 114 cm³/mol. The Balaban J connectivity index is 1.37. The molecule has 0 saturated carbocycles. The van der Waals surface area contributed by atoms with Crippen molar-refractivity contribution >= 4 is 17.4 Å². The van der Waals surface area contributed by atoms with Crippen molar-refractivity contribution in [1.82, 2.24) is 15.5 Å². The molecular weight excluding hydrogens is 385 g/mol. The smallest absolute Gasteiger partial charge is 0.315 e. The molecule has 0 aliphatic carbocycles. The number of fused-ring (bicyclic) bond motifs is 1. The molecule has 3 aromatic rings. The third-order valence-corrected chi connectivity index (χ3v) is 6.05. The maximum atomic E-state index is 13.0. The van der Waals surface area contributed by atoms with E-state index in [-0.39, 0.29) is 17.9 Å². The standard InChI is InChI=1S/C23H24FN3OS/c24-21-7-5-17(6-8-21)13-25-23(28)26-14-22(20-10-12-29-16-20)27-11-9-18-3-1-2-4-19(18)15-27/h1-8,10,12,16,22H,9,11,13-15H2,(H2,25,26,28). The van der Waals surface area contributed by atoms with Gasteiger partial charge < -0.3 is 10.6 Å². The van der Waals surface area contributed by atoms with Gasteiger partial charge in [0.2, 0.25) is 0 Å². The van der Waals surface area contributed by atoms with Crippen LogP contribution in [-0.2, 0) is 19.5 Å². The van der Waals surface area contributed by atoms with E-state index >= 15 is 0 Å². The van der Waals surface area contributed by atoms with Crippen molar-refractivity contribution < 1.29 is 9.18 Å². The van der Waals surface area contributed by atoms with Gasteiger partial charge in [0.05, 0.1) is 6.04 Å². The molecule has 0 fully saturated rings. The zero-order valence-corrected chi connectivity index (χ0v) is 16.9. The number of hydrogen-bond acceptors (Lipinski definition) is 3. The number of carbonyl (C=O) groups excluding carboxylic acids is 1. The Morgan fingerprint density at radius 2 is 1.86 bits per heavy atom. The van der Waals surface area contributed by atoms with E-state index in [2.05, 4.69) is 56.6 Å². The minimum absolute atomic E-state index is 0.131. The highest BCUT2D eigenvalue weighted by Gasteiger charge is 2.25. The lowest BCUT2D eigenvalue weighted by Gasteiger charge is -2.35. The molecule has 6 heteroatoms. The second-order valence-electron chi connectivity index (χ2n) is 7.25. The van der Waals surface area contributed by atoms with Gasteiger partial charge in [-0.3, -0.25) is 4.90 Å². The number of carbonyl (C=O) groups is 1. The molecule has 2 heterocycles. The molecular formula is C23H24FN3OS. The summed E-state index contributed by atoms with van der Waals surface area (Å²) in [6.07, 6.45) is 1.02. The Morgan fingerprint density at radius 1 is 1.07 bits per heavy atom. The summed E-state index contributed by atoms with van der Waals surface area (Å²) in [6.45, 7) is 2.76. The van der Waals surface area contributed by atoms with Crippen LogP contribution in [0, 0.1) is 5.82 Å². The lowest BCUT2D eigenvalue weighted by Crippen LogP contribution is -2.43. The Labute approximate surface area is 174 Å². The fourth-order valence-electron chi connectivity index (χ4n) is 3.74. The number of hydrogen-bond donors (Lipinski definition) is 2. The van der Waals surface area contributed by atoms with Crippen LogP contribution in [0.5, 0.6) is 0 Å². The first-order chi connectivity index (χ1) is 14.2. The van der Waals surface area contributed by atoms with Crippen LogP contribution < -0.4 is 10.6 Å². The first kappa shape index (κ1) is 19.6. The second kappa shape index (κ2) is 9.20. The molecule has 0 saturated heterocycles. The van der Waals surface area contributed by atoms with Gasteiger partial charge in [-0.05, 0) is 57.6 Å². The van der Waals surface area contributed by atoms with E-state index in [0.29, 0.717) is 13.1 Å². The number of amides is 2. The number of nitrogens with zero attached hydrogens (tertiary/aromatic N) is 1. The number of urea groups is 1. The van der Waals surface area contributed by atoms with Crippen molar-refractivity contribution in [2.45, 2.75) is 25.6 Å². The quantitative estimate of drug-likeness (QED) is 0.630. The van der Waals surface area contributed by atoms with E-state index in [1.165, 1.54) is 28.8 Å². The van der Waals surface area contributed by atoms with Crippen LogP contribution in [0.25, 0.3) is 0 Å². The molecule has 4 nitrogen and oxygen atoms in total. The van der Waals surface area contributed by atoms with Crippen molar-refractivity contribution in [2.24, 2.45) is 0 Å². The summed E-state index contributed by atoms with van der Waals surface area (Å²) in [5.41, 5.74) is 4.87. The molecule has 4 rings (SSSR count). The molecule has 1 atom stereocenters. The first-order valence-electron chi connectivity index (χ1n) is 9.78. The summed E-state index contributed by atoms with van der Waals surface area (Å²) in [7, 11) is 0. The molecule has 29 heavy (non-hydrogen) atoms. The van der Waals surface area contributed by atoms with Gasteiger partial charge in [0.1, 0.15) is 5.82 Å². The molecule has 0 bridgehead atoms. The maximum absolute atomic E-state index is 13.0. The molecule has 1 aromatic heterocycles. The average Bonchev–Trinajstić information content (AvgIpc) is 3.28. The molecule has 1 aliphatic rings. The maximum Gasteiger partial charge on any atom is 0.315 e. The van der Waals surface area contributed by atoms with Gasteiger partial charge in [0.15, 0.2) is 0 Å². The summed E-state index contributed by atoms with van der Waals surface area (Å²) >= 11 is 1.67. The monoisotopic (exact) mass is 409 g/mol. The largest absolute Gasteiger partial charge is 0.336 e. The van der Waals surface area contributed by atoms with Crippen LogP contribution in [0.2, 0.25) is 0 Å². The molecule has 1 aliphatic heterocycles. The molecule has 0 spiro atoms. The fraction of sp³-hybridized carbons (Fsp3) is 0.261. The van der Waals surface area contributed by atoms with E-state index in [1.54, 1.807) is 23.5 Å². The number of nitrogens with one attached hydrogen (secondary N) is 2. The van der Waals surface area contributed by atoms with Crippen LogP contribution in [0.3, 0.4) is 0 Å². The summed E-state index contributed by atoms with van der Waals surface area (Å²) in [5.74, 6) is -0.278. The fourth-order valence-corrected chi connectivity index (χ4v) is 4.45. The summed E-state index contributed by atoms with van der Waals surface area (Å²) < 4.78 is 13.0. The lowest BCUT2D eigenvalue weighted by molar-refractivity contribution is 0.174. The second-order valence-corrected chi connectivity index (χ2v) is 8.03. The van der Waals surface area contributed by atoms with Gasteiger partial charge >= 0.3 is 6.03 Å². The van der Waals surface area contributed by atoms with E-state index in [0.717, 1.165) is 25.1 Å². The number of halogens is 1. The van der Waals surface area contributed by atoms with Crippen LogP contribution in [-0.4, -0.2) is 24.0 Å². The molecule has 2 aromatic carbocycles. The minimum Gasteiger partial charge on any atom is -0.336 e. The van der Waals surface area contributed by atoms with Crippen molar-refractivity contribution in [2.75, 3.05) is 13.1 Å². The van der Waals surface area contributed by atoms with Crippen molar-refractivity contribution in [3.05, 3.63) is 93.4 Å². The van der Waals surface area contributed by atoms with Crippen LogP contribution in [0.1, 0.15) is 28.3 Å². The summed E-state index contributed by atoms with van der Waals surface area (Å²) in [4.78, 5) is 14.8. The van der Waals surface area contributed by atoms with Crippen LogP contribution in [0.4, 0.5) is 9.18 Å². The van der Waals surface area contributed by atoms with Gasteiger partial charge in [-0.15, -0.1) is 0 Å². The highest BCUT2D eigenvalue weighted by Crippen LogP contribution is 2.28. The molecule has 150 valence electrons. The normalized spacial score (nSPS) is 14.8. The topological polar surface area (TPSA) is 44.4 Å². The molecule has 2 amide bonds. The van der Waals surface area contributed by atoms with E-state index in [9.17, 15) is 9.18 Å². The van der Waals surface area contributed by atoms with E-state index in [4.69, 9.17) is 0 Å². The third-order valence-electron chi connectivity index (χ3n) is 5.35. The van der Waals surface area contributed by atoms with Crippen LogP contribution >= 0.6 is 11.3 Å². The SMILES string of the molecule is O=C(NCc1ccc(F)cc1)NCC(c1ccsc1)N1CCc2ccccc2C1. The van der Waals surface area contributed by atoms with Crippen molar-refractivity contribution in [3.8, 4) is 0 Å². The Hall–Kier alpha value is -2.70. The average molecular weight is 410 g/mol. The van der Waals surface area contributed by atoms with Crippen molar-refractivity contribution in [3.63, 3.8) is 0 Å². The first-order valence-corrected chi connectivity index (χ1v) is 10.7. The van der Waals surface area contributed by atoms with Gasteiger partial charge in [-0.2, -0.15) is 11.3 Å². The zero-order chi connectivity index (χ0) is 20.1. The van der Waals surface area contributed by atoms with Gasteiger partial charge in [0, 0.05) is 26.2 Å². The lowest BCUT2D eigenvalue weighted by atomic mass is 9.97. The van der Waals surface area contributed by atoms with Gasteiger partial charge in [0.25, 0.3) is 0 Å². The number of rotatable bonds is 6. The van der Waals surface area contributed by atoms with Gasteiger partial charge in [-0.25, -0.2) is 9.18 Å². The van der Waals surface area contributed by atoms with Crippen LogP contribution in [0.15, 0.2) is 65.4 Å². The highest BCUT2D eigenvalue weighted by atomic mass is 32.1. The molecule has 1 unspecified atom stereocenters. The number of thiophene rings is 1. The molecule has 2 N–H and O–H groups in total. The number of benzene rings is 2. The molecule has 0 radical (unpaired) electrons. The summed E-state index contributed by atoms with van der Waals surface area (Å²) in [6, 6.07) is 16.8. The Kier molecular flexibility index (Phi) is 6.22. The van der Waals surface area contributed by atoms with Gasteiger partial charge in [-0.1, -0.05) is 36.4 Å². The third kappa shape index (κ3) is 5.02.